The molecule has 0 amide bonds. The molecule has 0 aliphatic heterocycles. The Balaban J connectivity index is 2.77. The van der Waals surface area contributed by atoms with Gasteiger partial charge >= 0.3 is 0 Å². The van der Waals surface area contributed by atoms with Crippen molar-refractivity contribution in [3.63, 3.8) is 0 Å². The van der Waals surface area contributed by atoms with E-state index in [0.29, 0.717) is 4.73 Å². The van der Waals surface area contributed by atoms with Gasteiger partial charge in [0.2, 0.25) is 5.95 Å². The van der Waals surface area contributed by atoms with E-state index in [9.17, 15) is 8.42 Å². The molecule has 0 spiro atoms. The van der Waals surface area contributed by atoms with Crippen LogP contribution in [-0.4, -0.2) is 33.7 Å². The van der Waals surface area contributed by atoms with Crippen LogP contribution >= 0.6 is 15.9 Å². The molecule has 6 nitrogen and oxygen atoms in total. The first kappa shape index (κ1) is 13.4. The van der Waals surface area contributed by atoms with Crippen molar-refractivity contribution in [3.8, 4) is 0 Å². The standard InChI is InChI=1S/C8H15BrN4O2S/c1-8(2,3)16(14,15)5-4-13-6(9)11-7(10)12-13/h4-5H2,1-3H3,(H2,10,12). The Bertz CT molecular complexity index is 475. The van der Waals surface area contributed by atoms with Crippen molar-refractivity contribution in [2.75, 3.05) is 11.5 Å². The van der Waals surface area contributed by atoms with Gasteiger partial charge in [0.05, 0.1) is 17.0 Å². The molecule has 0 aromatic carbocycles. The molecule has 1 aromatic rings. The number of sulfone groups is 1. The summed E-state index contributed by atoms with van der Waals surface area (Å²) in [6.45, 7) is 5.26. The zero-order valence-electron chi connectivity index (χ0n) is 9.44. The van der Waals surface area contributed by atoms with Crippen LogP contribution in [0.3, 0.4) is 0 Å². The van der Waals surface area contributed by atoms with Crippen LogP contribution in [0.4, 0.5) is 5.95 Å². The van der Waals surface area contributed by atoms with Crippen molar-refractivity contribution >= 4 is 31.7 Å². The second-order valence-electron chi connectivity index (χ2n) is 4.39. The highest BCUT2D eigenvalue weighted by Crippen LogP contribution is 2.17. The summed E-state index contributed by atoms with van der Waals surface area (Å²) < 4.78 is 24.8. The molecule has 16 heavy (non-hydrogen) atoms. The maximum atomic E-state index is 11.8. The number of aryl methyl sites for hydroxylation is 1. The van der Waals surface area contributed by atoms with Gasteiger partial charge in [0.15, 0.2) is 14.6 Å². The van der Waals surface area contributed by atoms with E-state index in [4.69, 9.17) is 5.73 Å². The number of anilines is 1. The molecule has 0 aliphatic rings. The van der Waals surface area contributed by atoms with Crippen molar-refractivity contribution in [2.24, 2.45) is 0 Å². The summed E-state index contributed by atoms with van der Waals surface area (Å²) in [5.41, 5.74) is 5.38. The summed E-state index contributed by atoms with van der Waals surface area (Å²) in [6, 6.07) is 0. The first-order valence-corrected chi connectivity index (χ1v) is 7.16. The van der Waals surface area contributed by atoms with Gasteiger partial charge in [-0.1, -0.05) is 0 Å². The Morgan fingerprint density at radius 1 is 1.44 bits per heavy atom. The smallest absolute Gasteiger partial charge is 0.240 e. The van der Waals surface area contributed by atoms with Crippen molar-refractivity contribution in [3.05, 3.63) is 4.73 Å². The van der Waals surface area contributed by atoms with E-state index in [0.717, 1.165) is 0 Å². The number of nitrogens with zero attached hydrogens (tertiary/aromatic N) is 3. The van der Waals surface area contributed by atoms with Crippen molar-refractivity contribution in [1.29, 1.82) is 0 Å². The van der Waals surface area contributed by atoms with Crippen LogP contribution in [0.25, 0.3) is 0 Å². The van der Waals surface area contributed by atoms with Crippen LogP contribution in [0.5, 0.6) is 0 Å². The summed E-state index contributed by atoms with van der Waals surface area (Å²) in [7, 11) is -3.15. The highest BCUT2D eigenvalue weighted by molar-refractivity contribution is 9.10. The zero-order valence-corrected chi connectivity index (χ0v) is 11.8. The molecule has 1 aromatic heterocycles. The van der Waals surface area contributed by atoms with Gasteiger partial charge in [-0.2, -0.15) is 4.98 Å². The third-order valence-electron chi connectivity index (χ3n) is 2.15. The van der Waals surface area contributed by atoms with Gasteiger partial charge in [-0.3, -0.25) is 0 Å². The number of rotatable bonds is 3. The highest BCUT2D eigenvalue weighted by Gasteiger charge is 2.28. The van der Waals surface area contributed by atoms with Gasteiger partial charge in [0.25, 0.3) is 0 Å². The molecular formula is C8H15BrN4O2S. The molecule has 1 heterocycles. The lowest BCUT2D eigenvalue weighted by atomic mass is 10.3. The second kappa shape index (κ2) is 4.33. The van der Waals surface area contributed by atoms with Gasteiger partial charge < -0.3 is 5.73 Å². The fraction of sp³-hybridized carbons (Fsp3) is 0.750. The minimum absolute atomic E-state index is 0.0118. The van der Waals surface area contributed by atoms with E-state index in [1.807, 2.05) is 0 Å². The predicted molar refractivity (Wildman–Crippen MR) is 65.7 cm³/mol. The lowest BCUT2D eigenvalue weighted by Crippen LogP contribution is -2.32. The van der Waals surface area contributed by atoms with Crippen LogP contribution in [0.15, 0.2) is 4.73 Å². The van der Waals surface area contributed by atoms with E-state index in [-0.39, 0.29) is 18.2 Å². The molecule has 0 saturated carbocycles. The number of halogens is 1. The van der Waals surface area contributed by atoms with Crippen molar-refractivity contribution < 1.29 is 8.42 Å². The van der Waals surface area contributed by atoms with Crippen molar-refractivity contribution in [2.45, 2.75) is 32.1 Å². The first-order valence-electron chi connectivity index (χ1n) is 4.71. The summed E-state index contributed by atoms with van der Waals surface area (Å²) in [5, 5.41) is 3.87. The van der Waals surface area contributed by atoms with Crippen LogP contribution in [0.2, 0.25) is 0 Å². The topological polar surface area (TPSA) is 90.9 Å². The normalized spacial score (nSPS) is 13.0. The minimum Gasteiger partial charge on any atom is -0.366 e. The SMILES string of the molecule is CC(C)(C)S(=O)(=O)CCn1nc(N)nc1Br. The Labute approximate surface area is 103 Å². The number of nitrogens with two attached hydrogens (primary N) is 1. The number of hydrogen-bond donors (Lipinski definition) is 1. The van der Waals surface area contributed by atoms with Gasteiger partial charge in [-0.05, 0) is 36.7 Å². The monoisotopic (exact) mass is 310 g/mol. The third-order valence-corrected chi connectivity index (χ3v) is 5.32. The van der Waals surface area contributed by atoms with E-state index in [2.05, 4.69) is 26.0 Å². The fourth-order valence-electron chi connectivity index (χ4n) is 0.995. The zero-order chi connectivity index (χ0) is 12.6. The summed E-state index contributed by atoms with van der Waals surface area (Å²) in [5.74, 6) is 0.137. The molecule has 0 radical (unpaired) electrons. The van der Waals surface area contributed by atoms with Crippen LogP contribution in [0, 0.1) is 0 Å². The molecule has 0 saturated heterocycles. The summed E-state index contributed by atoms with van der Waals surface area (Å²) in [4.78, 5) is 3.83. The molecule has 2 N–H and O–H groups in total. The Kier molecular flexibility index (Phi) is 3.63. The molecule has 92 valence electrons. The lowest BCUT2D eigenvalue weighted by Gasteiger charge is -2.18. The molecule has 1 rings (SSSR count). The third kappa shape index (κ3) is 2.94. The molecule has 0 unspecified atom stereocenters. The Morgan fingerprint density at radius 2 is 2.00 bits per heavy atom. The fourth-order valence-corrected chi connectivity index (χ4v) is 2.46. The highest BCUT2D eigenvalue weighted by atomic mass is 79.9. The van der Waals surface area contributed by atoms with E-state index < -0.39 is 14.6 Å². The maximum absolute atomic E-state index is 11.8. The van der Waals surface area contributed by atoms with Crippen LogP contribution < -0.4 is 5.73 Å². The molecule has 8 heteroatoms. The average Bonchev–Trinajstić information content (AvgIpc) is 2.39. The van der Waals surface area contributed by atoms with E-state index >= 15 is 0 Å². The second-order valence-corrected chi connectivity index (χ2v) is 7.97. The Morgan fingerprint density at radius 3 is 2.38 bits per heavy atom. The Hall–Kier alpha value is -0.630. The first-order chi connectivity index (χ1) is 7.13. The summed E-state index contributed by atoms with van der Waals surface area (Å²) >= 11 is 3.15. The molecule has 0 atom stereocenters. The predicted octanol–water partition coefficient (Wildman–Crippen LogP) is 0.836. The van der Waals surface area contributed by atoms with E-state index in [1.165, 1.54) is 4.68 Å². The minimum atomic E-state index is -3.15. The van der Waals surface area contributed by atoms with Gasteiger partial charge in [-0.15, -0.1) is 5.10 Å². The van der Waals surface area contributed by atoms with Gasteiger partial charge in [0.1, 0.15) is 0 Å². The lowest BCUT2D eigenvalue weighted by molar-refractivity contribution is 0.546. The van der Waals surface area contributed by atoms with Gasteiger partial charge in [-0.25, -0.2) is 13.1 Å². The number of nitrogen functional groups attached to an aromatic ring is 1. The summed E-state index contributed by atoms with van der Waals surface area (Å²) in [6.07, 6.45) is 0. The average molecular weight is 311 g/mol. The molecule has 0 fully saturated rings. The molecular weight excluding hydrogens is 296 g/mol. The van der Waals surface area contributed by atoms with E-state index in [1.54, 1.807) is 20.8 Å². The molecule has 0 aliphatic carbocycles. The maximum Gasteiger partial charge on any atom is 0.240 e. The number of hydrogen-bond acceptors (Lipinski definition) is 5. The quantitative estimate of drug-likeness (QED) is 0.893. The van der Waals surface area contributed by atoms with Crippen LogP contribution in [-0.2, 0) is 16.4 Å². The molecule has 0 bridgehead atoms. The largest absolute Gasteiger partial charge is 0.366 e. The van der Waals surface area contributed by atoms with Crippen molar-refractivity contribution in [1.82, 2.24) is 14.8 Å². The number of aromatic nitrogens is 3. The van der Waals surface area contributed by atoms with Crippen LogP contribution in [0.1, 0.15) is 20.8 Å². The van der Waals surface area contributed by atoms with Gasteiger partial charge in [0, 0.05) is 0 Å².